The van der Waals surface area contributed by atoms with Gasteiger partial charge in [-0.15, -0.1) is 0 Å². The highest BCUT2D eigenvalue weighted by Gasteiger charge is 2.68. The second kappa shape index (κ2) is 7.25. The third-order valence-electron chi connectivity index (χ3n) is 4.08. The van der Waals surface area contributed by atoms with E-state index in [1.54, 1.807) is 27.7 Å². The Labute approximate surface area is 153 Å². The molecule has 2 rings (SSSR count). The molecule has 0 spiro atoms. The number of hydrogen-bond donors (Lipinski definition) is 1. The average Bonchev–Trinajstić information content (AvgIpc) is 3.01. The summed E-state index contributed by atoms with van der Waals surface area (Å²) in [5.41, 5.74) is -2.24. The second-order valence-corrected chi connectivity index (χ2v) is 8.42. The summed E-state index contributed by atoms with van der Waals surface area (Å²) in [6, 6.07) is 0. The fraction of sp³-hybridized carbons (Fsp3) is 0.833. The summed E-state index contributed by atoms with van der Waals surface area (Å²) in [5.74, 6) is -1.80. The van der Waals surface area contributed by atoms with Crippen molar-refractivity contribution in [2.45, 2.75) is 77.5 Å². The Balaban J connectivity index is 2.13. The summed E-state index contributed by atoms with van der Waals surface area (Å²) in [5, 5.41) is 2.18. The number of ketones is 1. The van der Waals surface area contributed by atoms with Crippen molar-refractivity contribution in [2.75, 3.05) is 13.2 Å². The number of imide groups is 1. The van der Waals surface area contributed by atoms with E-state index in [0.717, 1.165) is 0 Å². The molecule has 2 atom stereocenters. The van der Waals surface area contributed by atoms with Crippen LogP contribution in [0.3, 0.4) is 0 Å². The molecule has 1 N–H and O–H groups in total. The Morgan fingerprint density at radius 3 is 2.27 bits per heavy atom. The number of carbonyl (C=O) groups excluding carboxylic acids is 3. The van der Waals surface area contributed by atoms with Crippen LogP contribution in [0.15, 0.2) is 0 Å². The van der Waals surface area contributed by atoms with Gasteiger partial charge in [-0.05, 0) is 33.6 Å². The Bertz CT molecular complexity index is 575. The normalized spacial score (nSPS) is 27.3. The number of nitrogens with one attached hydrogen (secondary N) is 1. The van der Waals surface area contributed by atoms with Crippen molar-refractivity contribution in [1.29, 1.82) is 0 Å². The molecule has 0 unspecified atom stereocenters. The number of alkyl carbamates (subject to hydrolysis) is 1. The van der Waals surface area contributed by atoms with Gasteiger partial charge in [0.2, 0.25) is 0 Å². The van der Waals surface area contributed by atoms with Gasteiger partial charge < -0.3 is 18.9 Å². The van der Waals surface area contributed by atoms with Crippen LogP contribution >= 0.6 is 0 Å². The van der Waals surface area contributed by atoms with Crippen molar-refractivity contribution >= 4 is 17.8 Å². The minimum Gasteiger partial charge on any atom is -0.444 e. The van der Waals surface area contributed by atoms with Crippen LogP contribution in [-0.2, 0) is 28.5 Å². The van der Waals surface area contributed by atoms with Crippen molar-refractivity contribution in [2.24, 2.45) is 5.92 Å². The molecule has 2 fully saturated rings. The van der Waals surface area contributed by atoms with Crippen LogP contribution in [-0.4, -0.2) is 54.1 Å². The third-order valence-corrected chi connectivity index (χ3v) is 4.08. The van der Waals surface area contributed by atoms with E-state index in [-0.39, 0.29) is 24.5 Å². The summed E-state index contributed by atoms with van der Waals surface area (Å²) < 4.78 is 21.8. The van der Waals surface area contributed by atoms with Gasteiger partial charge in [-0.25, -0.2) is 4.79 Å². The van der Waals surface area contributed by atoms with Crippen molar-refractivity contribution in [3.63, 3.8) is 0 Å². The maximum atomic E-state index is 12.8. The first-order valence-electron chi connectivity index (χ1n) is 8.90. The van der Waals surface area contributed by atoms with Gasteiger partial charge in [-0.2, -0.15) is 0 Å². The lowest BCUT2D eigenvalue weighted by Crippen LogP contribution is -2.49. The molecule has 8 heteroatoms. The monoisotopic (exact) mass is 371 g/mol. The highest BCUT2D eigenvalue weighted by Crippen LogP contribution is 2.46. The van der Waals surface area contributed by atoms with Gasteiger partial charge >= 0.3 is 6.09 Å². The van der Waals surface area contributed by atoms with Crippen molar-refractivity contribution < 1.29 is 33.3 Å². The Hall–Kier alpha value is -1.51. The van der Waals surface area contributed by atoms with E-state index in [1.807, 2.05) is 13.8 Å². The number of ether oxygens (including phenoxy) is 4. The molecular formula is C18H29NO7. The topological polar surface area (TPSA) is 103 Å². The second-order valence-electron chi connectivity index (χ2n) is 8.42. The molecule has 2 saturated heterocycles. The van der Waals surface area contributed by atoms with Crippen LogP contribution < -0.4 is 5.32 Å². The summed E-state index contributed by atoms with van der Waals surface area (Å²) in [6.07, 6.45) is -1.50. The molecule has 2 amide bonds. The molecule has 2 heterocycles. The van der Waals surface area contributed by atoms with Crippen LogP contribution in [0.5, 0.6) is 0 Å². The number of epoxide rings is 1. The lowest BCUT2D eigenvalue weighted by Gasteiger charge is -2.26. The zero-order chi connectivity index (χ0) is 19.8. The lowest BCUT2D eigenvalue weighted by atomic mass is 9.90. The van der Waals surface area contributed by atoms with Gasteiger partial charge in [0.25, 0.3) is 5.91 Å². The van der Waals surface area contributed by atoms with Crippen LogP contribution in [0, 0.1) is 5.92 Å². The third kappa shape index (κ3) is 5.02. The van der Waals surface area contributed by atoms with Gasteiger partial charge in [0, 0.05) is 12.8 Å². The summed E-state index contributed by atoms with van der Waals surface area (Å²) in [4.78, 5) is 37.1. The molecule has 0 saturated carbocycles. The predicted octanol–water partition coefficient (Wildman–Crippen LogP) is 1.94. The van der Waals surface area contributed by atoms with E-state index in [0.29, 0.717) is 13.2 Å². The molecule has 8 nitrogen and oxygen atoms in total. The predicted molar refractivity (Wildman–Crippen MR) is 91.4 cm³/mol. The molecule has 26 heavy (non-hydrogen) atoms. The van der Waals surface area contributed by atoms with E-state index in [4.69, 9.17) is 18.9 Å². The summed E-state index contributed by atoms with van der Waals surface area (Å²) in [7, 11) is 0. The quantitative estimate of drug-likeness (QED) is 0.712. The molecular weight excluding hydrogens is 342 g/mol. The average molecular weight is 371 g/mol. The van der Waals surface area contributed by atoms with Gasteiger partial charge in [0.05, 0.1) is 13.2 Å². The molecule has 148 valence electrons. The van der Waals surface area contributed by atoms with Crippen molar-refractivity contribution in [3.05, 3.63) is 0 Å². The smallest absolute Gasteiger partial charge is 0.414 e. The van der Waals surface area contributed by atoms with Crippen LogP contribution in [0.4, 0.5) is 4.79 Å². The number of hydrogen-bond acceptors (Lipinski definition) is 7. The number of Topliss-reactive ketones (excluding diaryl/α,β-unsaturated/α-hetero) is 1. The largest absolute Gasteiger partial charge is 0.444 e. The fourth-order valence-corrected chi connectivity index (χ4v) is 3.04. The standard InChI is InChI=1S/C18H29NO7/c1-11(2)9-12(20)13-18(25-13,10-17(6)23-7-8-24-17)14(21)19-15(22)26-16(3,4)5/h11,13H,7-10H2,1-6H3,(H,19,21,22)/t13-,18+/m0/s1. The Kier molecular flexibility index (Phi) is 5.80. The molecule has 0 bridgehead atoms. The van der Waals surface area contributed by atoms with Crippen molar-refractivity contribution in [1.82, 2.24) is 5.32 Å². The molecule has 2 aliphatic rings. The molecule has 0 aliphatic carbocycles. The molecule has 0 aromatic rings. The zero-order valence-electron chi connectivity index (χ0n) is 16.3. The van der Waals surface area contributed by atoms with E-state index in [1.165, 1.54) is 0 Å². The van der Waals surface area contributed by atoms with Crippen molar-refractivity contribution in [3.8, 4) is 0 Å². The van der Waals surface area contributed by atoms with Crippen LogP contribution in [0.2, 0.25) is 0 Å². The zero-order valence-corrected chi connectivity index (χ0v) is 16.3. The maximum Gasteiger partial charge on any atom is 0.414 e. The van der Waals surface area contributed by atoms with E-state index < -0.39 is 35.1 Å². The SMILES string of the molecule is CC(C)CC(=O)[C@@H]1O[C@@]1(CC1(C)OCCO1)C(=O)NC(=O)OC(C)(C)C. The lowest BCUT2D eigenvalue weighted by molar-refractivity contribution is -0.163. The van der Waals surface area contributed by atoms with Gasteiger partial charge in [-0.3, -0.25) is 14.9 Å². The number of amides is 2. The number of rotatable bonds is 6. The first-order chi connectivity index (χ1) is 11.9. The Morgan fingerprint density at radius 1 is 1.19 bits per heavy atom. The Morgan fingerprint density at radius 2 is 1.77 bits per heavy atom. The van der Waals surface area contributed by atoms with E-state index in [2.05, 4.69) is 5.32 Å². The van der Waals surface area contributed by atoms with Crippen LogP contribution in [0.1, 0.15) is 54.4 Å². The minimum absolute atomic E-state index is 0.0170. The van der Waals surface area contributed by atoms with Gasteiger partial charge in [0.1, 0.15) is 5.60 Å². The number of carbonyl (C=O) groups is 3. The highest BCUT2D eigenvalue weighted by molar-refractivity contribution is 6.04. The molecule has 0 aromatic carbocycles. The first-order valence-corrected chi connectivity index (χ1v) is 8.90. The minimum atomic E-state index is -1.48. The molecule has 2 aliphatic heterocycles. The highest BCUT2D eigenvalue weighted by atomic mass is 16.7. The maximum absolute atomic E-state index is 12.8. The van der Waals surface area contributed by atoms with Crippen LogP contribution in [0.25, 0.3) is 0 Å². The summed E-state index contributed by atoms with van der Waals surface area (Å²) >= 11 is 0. The fourth-order valence-electron chi connectivity index (χ4n) is 3.04. The summed E-state index contributed by atoms with van der Waals surface area (Å²) in [6.45, 7) is 11.4. The van der Waals surface area contributed by atoms with E-state index in [9.17, 15) is 14.4 Å². The van der Waals surface area contributed by atoms with Gasteiger partial charge in [-0.1, -0.05) is 13.8 Å². The molecule has 0 radical (unpaired) electrons. The van der Waals surface area contributed by atoms with Gasteiger partial charge in [0.15, 0.2) is 23.3 Å². The van der Waals surface area contributed by atoms with E-state index >= 15 is 0 Å². The molecule has 0 aromatic heterocycles. The first kappa shape index (κ1) is 20.8.